The predicted octanol–water partition coefficient (Wildman–Crippen LogP) is 4.02. The van der Waals surface area contributed by atoms with Gasteiger partial charge in [-0.15, -0.1) is 4.84 Å². The van der Waals surface area contributed by atoms with Gasteiger partial charge in [0, 0.05) is 51.8 Å². The number of nitrogens with zero attached hydrogens (tertiary/aromatic N) is 1. The van der Waals surface area contributed by atoms with E-state index in [0.717, 1.165) is 57.8 Å². The number of unbranched alkanes of at least 4 members (excludes halogenated alkanes) is 8. The first kappa shape index (κ1) is 50.2. The van der Waals surface area contributed by atoms with Gasteiger partial charge in [0.05, 0.1) is 44.2 Å². The van der Waals surface area contributed by atoms with E-state index in [1.165, 1.54) is 0 Å². The van der Waals surface area contributed by atoms with E-state index in [1.54, 1.807) is 6.92 Å². The van der Waals surface area contributed by atoms with Crippen LogP contribution in [0.25, 0.3) is 0 Å². The van der Waals surface area contributed by atoms with Crippen LogP contribution >= 0.6 is 0 Å². The number of hydrogen-bond acceptors (Lipinski definition) is 13. The van der Waals surface area contributed by atoms with Crippen LogP contribution in [0, 0.1) is 4.91 Å². The lowest BCUT2D eigenvalue weighted by molar-refractivity contribution is -0.709. The summed E-state index contributed by atoms with van der Waals surface area (Å²) in [5.74, 6) is -2.79. The van der Waals surface area contributed by atoms with Crippen molar-refractivity contribution in [3.05, 3.63) is 4.91 Å². The smallest absolute Gasteiger partial charge is 0.378 e. The predicted molar refractivity (Wildman–Crippen MR) is 196 cm³/mol. The molecule has 0 aliphatic carbocycles. The second kappa shape index (κ2) is 33.7. The van der Waals surface area contributed by atoms with E-state index in [1.807, 2.05) is 19.3 Å². The van der Waals surface area contributed by atoms with Crippen molar-refractivity contribution in [2.75, 3.05) is 46.1 Å². The van der Waals surface area contributed by atoms with Gasteiger partial charge in [-0.25, -0.2) is 14.4 Å². The van der Waals surface area contributed by atoms with Gasteiger partial charge in [0.1, 0.15) is 11.9 Å². The fraction of sp³-hybridized carbons (Fsp3) is 0.811. The molecule has 1 unspecified atom stereocenters. The third kappa shape index (κ3) is 30.6. The lowest BCUT2D eigenvalue weighted by Gasteiger charge is -2.29. The van der Waals surface area contributed by atoms with E-state index in [9.17, 15) is 38.5 Å². The molecule has 17 nitrogen and oxygen atoms in total. The van der Waals surface area contributed by atoms with Gasteiger partial charge in [-0.2, -0.15) is 5.48 Å². The van der Waals surface area contributed by atoms with Crippen molar-refractivity contribution in [1.82, 2.24) is 16.1 Å². The maximum atomic E-state index is 12.3. The second-order valence-electron chi connectivity index (χ2n) is 13.2. The van der Waals surface area contributed by atoms with E-state index in [4.69, 9.17) is 14.2 Å². The fourth-order valence-corrected chi connectivity index (χ4v) is 4.78. The van der Waals surface area contributed by atoms with Crippen LogP contribution in [0.2, 0.25) is 0 Å². The Labute approximate surface area is 319 Å². The Hall–Kier alpha value is -3.83. The van der Waals surface area contributed by atoms with E-state index >= 15 is 0 Å². The number of rotatable bonds is 34. The minimum absolute atomic E-state index is 0.0250. The van der Waals surface area contributed by atoms with Gasteiger partial charge < -0.3 is 34.5 Å². The molecular weight excluding hydrogens is 708 g/mol. The molecule has 0 spiro atoms. The van der Waals surface area contributed by atoms with Crippen LogP contribution in [0.15, 0.2) is 0 Å². The Morgan fingerprint density at radius 1 is 0.611 bits per heavy atom. The molecule has 0 aromatic carbocycles. The molecule has 0 saturated carbocycles. The molecule has 0 heterocycles. The lowest BCUT2D eigenvalue weighted by atomic mass is 10.1. The summed E-state index contributed by atoms with van der Waals surface area (Å²) in [4.78, 5) is 101. The molecule has 4 amide bonds. The third-order valence-electron chi connectivity index (χ3n) is 7.80. The minimum Gasteiger partial charge on any atom is -0.378 e. The summed E-state index contributed by atoms with van der Waals surface area (Å²) in [5.41, 5.74) is 1.23. The summed E-state index contributed by atoms with van der Waals surface area (Å²) < 4.78 is 17.5. The second-order valence-corrected chi connectivity index (χ2v) is 13.2. The zero-order valence-corrected chi connectivity index (χ0v) is 32.7. The quantitative estimate of drug-likeness (QED) is 0.0478. The molecule has 310 valence electrons. The monoisotopic (exact) mass is 773 g/mol. The average Bonchev–Trinajstić information content (AvgIpc) is 3.14. The van der Waals surface area contributed by atoms with Crippen molar-refractivity contribution >= 4 is 41.9 Å². The summed E-state index contributed by atoms with van der Waals surface area (Å²) in [7, 11) is 0. The van der Waals surface area contributed by atoms with Gasteiger partial charge in [0.2, 0.25) is 11.8 Å². The molecular formula is C37H65N4O13+. The molecule has 0 aliphatic heterocycles. The Bertz CT molecular complexity index is 1120. The SMILES string of the molecule is CCCOCC(C)(COCCC(=O)NCCCCCCCC(=O)ONC(=O)CCC=O)OCCC(=O)NCCCCCCCC(=O)O[N+](=O)C(=O)CCC. The Balaban J connectivity index is 4.04. The topological polar surface area (TPSA) is 222 Å². The molecule has 0 aromatic rings. The zero-order valence-electron chi connectivity index (χ0n) is 32.7. The summed E-state index contributed by atoms with van der Waals surface area (Å²) >= 11 is 0. The highest BCUT2D eigenvalue weighted by atomic mass is 16.8. The van der Waals surface area contributed by atoms with E-state index in [2.05, 4.69) is 20.3 Å². The van der Waals surface area contributed by atoms with E-state index < -0.39 is 29.4 Å². The fourth-order valence-electron chi connectivity index (χ4n) is 4.78. The van der Waals surface area contributed by atoms with Crippen LogP contribution < -0.4 is 16.1 Å². The highest BCUT2D eigenvalue weighted by Gasteiger charge is 2.28. The molecule has 17 heteroatoms. The summed E-state index contributed by atoms with van der Waals surface area (Å²) in [6, 6.07) is 0. The summed E-state index contributed by atoms with van der Waals surface area (Å²) in [6.45, 7) is 8.05. The van der Waals surface area contributed by atoms with Gasteiger partial charge in [0.15, 0.2) is 0 Å². The largest absolute Gasteiger partial charge is 0.491 e. The van der Waals surface area contributed by atoms with E-state index in [-0.39, 0.29) is 88.1 Å². The lowest BCUT2D eigenvalue weighted by Crippen LogP contribution is -2.41. The van der Waals surface area contributed by atoms with Gasteiger partial charge in [-0.05, 0) is 45.4 Å². The van der Waals surface area contributed by atoms with Crippen molar-refractivity contribution in [2.24, 2.45) is 0 Å². The molecule has 0 saturated heterocycles. The number of hydrogen-bond donors (Lipinski definition) is 3. The average molecular weight is 774 g/mol. The van der Waals surface area contributed by atoms with Crippen LogP contribution in [-0.2, 0) is 57.4 Å². The Kier molecular flexibility index (Phi) is 31.3. The van der Waals surface area contributed by atoms with Crippen LogP contribution in [0.3, 0.4) is 0 Å². The van der Waals surface area contributed by atoms with Crippen molar-refractivity contribution in [3.63, 3.8) is 0 Å². The molecule has 0 bridgehead atoms. The van der Waals surface area contributed by atoms with E-state index in [0.29, 0.717) is 45.2 Å². The zero-order chi connectivity index (χ0) is 40.3. The maximum Gasteiger partial charge on any atom is 0.491 e. The van der Waals surface area contributed by atoms with Gasteiger partial charge in [0.25, 0.3) is 5.91 Å². The molecule has 0 aliphatic rings. The Morgan fingerprint density at radius 3 is 1.72 bits per heavy atom. The standard InChI is InChI=1S/C37H64N4O13/c1-4-17-34(46)41(49)54-36(48)20-13-9-7-11-15-24-39-32(44)22-28-52-37(3,29-50-26-5-2)30-51-27-21-31(43)38-23-14-10-6-8-12-19-35(47)53-40-33(45)18-16-25-42/h25H,4-24,26-30H2,1-3H3,(H2-,38,39,40,43,44,45)/p+1. The first-order valence-electron chi connectivity index (χ1n) is 19.4. The van der Waals surface area contributed by atoms with Gasteiger partial charge in [-0.1, -0.05) is 52.4 Å². The van der Waals surface area contributed by atoms with Crippen LogP contribution in [0.5, 0.6) is 0 Å². The summed E-state index contributed by atoms with van der Waals surface area (Å²) in [6.07, 6.45) is 10.4. The number of ether oxygens (including phenoxy) is 3. The number of carbonyl (C=O) groups is 7. The number of hydroxylamine groups is 1. The molecule has 54 heavy (non-hydrogen) atoms. The third-order valence-corrected chi connectivity index (χ3v) is 7.80. The highest BCUT2D eigenvalue weighted by molar-refractivity contribution is 5.79. The Morgan fingerprint density at radius 2 is 1.15 bits per heavy atom. The first-order chi connectivity index (χ1) is 26.0. The van der Waals surface area contributed by atoms with Gasteiger partial charge >= 0.3 is 22.8 Å². The van der Waals surface area contributed by atoms with Crippen LogP contribution in [0.4, 0.5) is 0 Å². The molecule has 1 atom stereocenters. The minimum atomic E-state index is -0.795. The molecule has 0 aromatic heterocycles. The van der Waals surface area contributed by atoms with Crippen molar-refractivity contribution in [1.29, 1.82) is 0 Å². The van der Waals surface area contributed by atoms with Crippen LogP contribution in [-0.4, -0.2) is 98.5 Å². The number of amides is 4. The van der Waals surface area contributed by atoms with Gasteiger partial charge in [-0.3, -0.25) is 14.4 Å². The normalized spacial score (nSPS) is 11.9. The van der Waals surface area contributed by atoms with Crippen molar-refractivity contribution < 1.29 is 62.4 Å². The highest BCUT2D eigenvalue weighted by Crippen LogP contribution is 2.14. The number of aldehydes is 1. The van der Waals surface area contributed by atoms with Crippen molar-refractivity contribution in [2.45, 2.75) is 148 Å². The number of nitrogens with one attached hydrogen (secondary N) is 3. The molecule has 3 N–H and O–H groups in total. The maximum absolute atomic E-state index is 12.3. The molecule has 0 fully saturated rings. The molecule has 0 rings (SSSR count). The molecule has 0 radical (unpaired) electrons. The number of carbonyl (C=O) groups excluding carboxylic acids is 7. The first-order valence-corrected chi connectivity index (χ1v) is 19.4. The summed E-state index contributed by atoms with van der Waals surface area (Å²) in [5, 5.41) is 5.76. The van der Waals surface area contributed by atoms with Crippen molar-refractivity contribution in [3.8, 4) is 0 Å². The van der Waals surface area contributed by atoms with Crippen LogP contribution in [0.1, 0.15) is 143 Å².